The van der Waals surface area contributed by atoms with Gasteiger partial charge >= 0.3 is 0 Å². The predicted octanol–water partition coefficient (Wildman–Crippen LogP) is 1.92. The number of carbonyl (C=O) groups is 1. The minimum atomic E-state index is -0.102. The quantitative estimate of drug-likeness (QED) is 0.833. The van der Waals surface area contributed by atoms with Crippen LogP contribution in [0.15, 0.2) is 28.9 Å². The first-order valence-electron chi connectivity index (χ1n) is 7.97. The minimum absolute atomic E-state index is 0.0874. The molecule has 7 nitrogen and oxygen atoms in total. The summed E-state index contributed by atoms with van der Waals surface area (Å²) in [6, 6.07) is 5.64. The largest absolute Gasteiger partial charge is 0.479 e. The number of carbonyl (C=O) groups excluding carboxylic acids is 1. The average Bonchev–Trinajstić information content (AvgIpc) is 3.08. The monoisotopic (exact) mass is 331 g/mol. The van der Waals surface area contributed by atoms with E-state index in [0.29, 0.717) is 44.2 Å². The van der Waals surface area contributed by atoms with Crippen molar-refractivity contribution in [1.29, 1.82) is 0 Å². The van der Waals surface area contributed by atoms with Gasteiger partial charge in [-0.15, -0.1) is 0 Å². The summed E-state index contributed by atoms with van der Waals surface area (Å²) >= 11 is 0. The Hall–Kier alpha value is -2.41. The van der Waals surface area contributed by atoms with Gasteiger partial charge in [-0.3, -0.25) is 9.78 Å². The zero-order valence-electron chi connectivity index (χ0n) is 13.9. The molecular weight excluding hydrogens is 310 g/mol. The van der Waals surface area contributed by atoms with Crippen LogP contribution in [-0.4, -0.2) is 47.8 Å². The van der Waals surface area contributed by atoms with Gasteiger partial charge in [0.1, 0.15) is 11.9 Å². The van der Waals surface area contributed by atoms with Crippen molar-refractivity contribution in [2.24, 2.45) is 0 Å². The second-order valence-corrected chi connectivity index (χ2v) is 5.77. The van der Waals surface area contributed by atoms with Crippen molar-refractivity contribution in [3.8, 4) is 5.88 Å². The Morgan fingerprint density at radius 2 is 2.33 bits per heavy atom. The van der Waals surface area contributed by atoms with E-state index in [9.17, 15) is 4.79 Å². The molecule has 7 heteroatoms. The van der Waals surface area contributed by atoms with Gasteiger partial charge < -0.3 is 18.9 Å². The summed E-state index contributed by atoms with van der Waals surface area (Å²) in [5, 5.41) is 3.74. The van der Waals surface area contributed by atoms with E-state index in [-0.39, 0.29) is 12.0 Å². The molecule has 1 aliphatic heterocycles. The van der Waals surface area contributed by atoms with Gasteiger partial charge in [-0.05, 0) is 29.8 Å². The molecule has 0 bridgehead atoms. The fourth-order valence-corrected chi connectivity index (χ4v) is 2.74. The highest BCUT2D eigenvalue weighted by molar-refractivity contribution is 5.76. The third-order valence-electron chi connectivity index (χ3n) is 4.04. The van der Waals surface area contributed by atoms with E-state index < -0.39 is 0 Å². The van der Waals surface area contributed by atoms with E-state index in [4.69, 9.17) is 14.0 Å². The first-order chi connectivity index (χ1) is 11.7. The second-order valence-electron chi connectivity index (χ2n) is 5.77. The molecular formula is C17H21N3O4. The van der Waals surface area contributed by atoms with Crippen molar-refractivity contribution in [2.75, 3.05) is 26.8 Å². The number of aromatic nitrogens is 2. The molecule has 1 saturated heterocycles. The van der Waals surface area contributed by atoms with Crippen LogP contribution in [0, 0.1) is 6.92 Å². The number of hydrogen-bond acceptors (Lipinski definition) is 6. The molecule has 0 radical (unpaired) electrons. The van der Waals surface area contributed by atoms with E-state index >= 15 is 0 Å². The number of hydrogen-bond donors (Lipinski definition) is 0. The van der Waals surface area contributed by atoms with Crippen LogP contribution in [0.5, 0.6) is 5.88 Å². The maximum Gasteiger partial charge on any atom is 0.254 e. The van der Waals surface area contributed by atoms with Crippen molar-refractivity contribution in [3.63, 3.8) is 0 Å². The van der Waals surface area contributed by atoms with Crippen LogP contribution in [0.4, 0.5) is 0 Å². The van der Waals surface area contributed by atoms with Gasteiger partial charge in [0.25, 0.3) is 5.88 Å². The average molecular weight is 331 g/mol. The van der Waals surface area contributed by atoms with E-state index in [0.717, 1.165) is 11.3 Å². The summed E-state index contributed by atoms with van der Waals surface area (Å²) in [5.74, 6) is 1.16. The highest BCUT2D eigenvalue weighted by Crippen LogP contribution is 2.23. The fraction of sp³-hybridized carbons (Fsp3) is 0.471. The number of morpholine rings is 1. The first kappa shape index (κ1) is 16.4. The molecule has 0 aromatic carbocycles. The van der Waals surface area contributed by atoms with Crippen LogP contribution in [0.1, 0.15) is 29.5 Å². The molecule has 1 aliphatic rings. The lowest BCUT2D eigenvalue weighted by Crippen LogP contribution is -2.42. The maximum atomic E-state index is 12.5. The summed E-state index contributed by atoms with van der Waals surface area (Å²) < 4.78 is 15.9. The van der Waals surface area contributed by atoms with Crippen molar-refractivity contribution in [2.45, 2.75) is 25.9 Å². The summed E-state index contributed by atoms with van der Waals surface area (Å²) in [5.41, 5.74) is 2.00. The second kappa shape index (κ2) is 7.44. The molecule has 2 aromatic rings. The first-order valence-corrected chi connectivity index (χ1v) is 7.97. The lowest BCUT2D eigenvalue weighted by molar-refractivity contribution is -0.139. The summed E-state index contributed by atoms with van der Waals surface area (Å²) in [6.45, 7) is 3.65. The number of pyridine rings is 1. The van der Waals surface area contributed by atoms with Gasteiger partial charge in [-0.2, -0.15) is 0 Å². The predicted molar refractivity (Wildman–Crippen MR) is 85.6 cm³/mol. The molecule has 0 N–H and O–H groups in total. The van der Waals surface area contributed by atoms with Crippen molar-refractivity contribution < 1.29 is 18.8 Å². The Kier molecular flexibility index (Phi) is 5.10. The topological polar surface area (TPSA) is 77.7 Å². The van der Waals surface area contributed by atoms with Crippen molar-refractivity contribution in [3.05, 3.63) is 41.4 Å². The number of aryl methyl sites for hydroxylation is 2. The van der Waals surface area contributed by atoms with E-state index in [2.05, 4.69) is 10.1 Å². The lowest BCUT2D eigenvalue weighted by atomic mass is 10.1. The van der Waals surface area contributed by atoms with Crippen molar-refractivity contribution >= 4 is 5.91 Å². The van der Waals surface area contributed by atoms with Gasteiger partial charge in [-0.25, -0.2) is 0 Å². The smallest absolute Gasteiger partial charge is 0.254 e. The summed E-state index contributed by atoms with van der Waals surface area (Å²) in [7, 11) is 1.53. The maximum absolute atomic E-state index is 12.5. The number of methoxy groups -OCH3 is 1. The summed E-state index contributed by atoms with van der Waals surface area (Å²) in [6.07, 6.45) is 2.55. The van der Waals surface area contributed by atoms with Gasteiger partial charge in [0.05, 0.1) is 20.3 Å². The third-order valence-corrected chi connectivity index (χ3v) is 4.04. The molecule has 1 atom stereocenters. The Balaban J connectivity index is 1.56. The van der Waals surface area contributed by atoms with Crippen LogP contribution >= 0.6 is 0 Å². The number of rotatable bonds is 5. The highest BCUT2D eigenvalue weighted by atomic mass is 16.5. The Morgan fingerprint density at radius 1 is 1.46 bits per heavy atom. The molecule has 3 heterocycles. The highest BCUT2D eigenvalue weighted by Gasteiger charge is 2.25. The van der Waals surface area contributed by atoms with Gasteiger partial charge in [-0.1, -0.05) is 0 Å². The Bertz CT molecular complexity index is 701. The van der Waals surface area contributed by atoms with Crippen LogP contribution < -0.4 is 4.74 Å². The van der Waals surface area contributed by atoms with Crippen LogP contribution in [-0.2, 0) is 16.0 Å². The van der Waals surface area contributed by atoms with Crippen LogP contribution in [0.2, 0.25) is 0 Å². The SMILES string of the molecule is COc1cc(CCC(=O)N2CCOC(c3ccnc(C)c3)C2)on1. The molecule has 0 spiro atoms. The summed E-state index contributed by atoms with van der Waals surface area (Å²) in [4.78, 5) is 18.5. The molecule has 3 rings (SSSR count). The molecule has 1 fully saturated rings. The number of amides is 1. The fourth-order valence-electron chi connectivity index (χ4n) is 2.74. The molecule has 128 valence electrons. The van der Waals surface area contributed by atoms with E-state index in [1.165, 1.54) is 7.11 Å². The molecule has 1 unspecified atom stereocenters. The Morgan fingerprint density at radius 3 is 3.08 bits per heavy atom. The zero-order valence-corrected chi connectivity index (χ0v) is 13.9. The standard InChI is InChI=1S/C17H21N3O4/c1-12-9-13(5-6-18-12)15-11-20(7-8-23-15)17(21)4-3-14-10-16(22-2)19-24-14/h5-6,9-10,15H,3-4,7-8,11H2,1-2H3. The van der Waals surface area contributed by atoms with E-state index in [1.807, 2.05) is 24.0 Å². The van der Waals surface area contributed by atoms with Crippen molar-refractivity contribution in [1.82, 2.24) is 15.0 Å². The minimum Gasteiger partial charge on any atom is -0.479 e. The molecule has 24 heavy (non-hydrogen) atoms. The lowest BCUT2D eigenvalue weighted by Gasteiger charge is -2.33. The van der Waals surface area contributed by atoms with Crippen LogP contribution in [0.3, 0.4) is 0 Å². The normalized spacial score (nSPS) is 17.8. The number of nitrogens with zero attached hydrogens (tertiary/aromatic N) is 3. The molecule has 0 aliphatic carbocycles. The van der Waals surface area contributed by atoms with Gasteiger partial charge in [0.2, 0.25) is 5.91 Å². The van der Waals surface area contributed by atoms with Gasteiger partial charge in [0, 0.05) is 37.3 Å². The molecule has 1 amide bonds. The third kappa shape index (κ3) is 3.91. The zero-order chi connectivity index (χ0) is 16.9. The van der Waals surface area contributed by atoms with Crippen LogP contribution in [0.25, 0.3) is 0 Å². The molecule has 2 aromatic heterocycles. The molecule has 0 saturated carbocycles. The van der Waals surface area contributed by atoms with E-state index in [1.54, 1.807) is 12.3 Å². The Labute approximate surface area is 140 Å². The number of ether oxygens (including phenoxy) is 2. The van der Waals surface area contributed by atoms with Gasteiger partial charge in [0.15, 0.2) is 0 Å².